The molecule has 1 aromatic carbocycles. The summed E-state index contributed by atoms with van der Waals surface area (Å²) in [6.45, 7) is 11.5. The number of aryl methyl sites for hydroxylation is 1. The van der Waals surface area contributed by atoms with Crippen LogP contribution in [0.25, 0.3) is 0 Å². The van der Waals surface area contributed by atoms with Gasteiger partial charge >= 0.3 is 0 Å². The van der Waals surface area contributed by atoms with Crippen LogP contribution in [0.1, 0.15) is 31.2 Å². The van der Waals surface area contributed by atoms with Gasteiger partial charge in [-0.2, -0.15) is 0 Å². The molecule has 3 rings (SSSR count). The maximum absolute atomic E-state index is 5.74. The van der Waals surface area contributed by atoms with Crippen molar-refractivity contribution in [3.05, 3.63) is 29.8 Å². The molecule has 1 aliphatic carbocycles. The van der Waals surface area contributed by atoms with Crippen LogP contribution in [0.15, 0.2) is 29.3 Å². The lowest BCUT2D eigenvalue weighted by molar-refractivity contribution is 0.115. The Kier molecular flexibility index (Phi) is 12.0. The molecule has 1 saturated heterocycles. The van der Waals surface area contributed by atoms with Gasteiger partial charge < -0.3 is 19.9 Å². The third-order valence-electron chi connectivity index (χ3n) is 6.12. The van der Waals surface area contributed by atoms with Crippen LogP contribution in [0.4, 0.5) is 5.69 Å². The van der Waals surface area contributed by atoms with E-state index in [0.717, 1.165) is 64.4 Å². The number of nitrogens with one attached hydrogen (secondary N) is 1. The predicted molar refractivity (Wildman–Crippen MR) is 142 cm³/mol. The number of ether oxygens (including phenoxy) is 1. The Labute approximate surface area is 206 Å². The number of piperazine rings is 1. The first kappa shape index (κ1) is 26.2. The van der Waals surface area contributed by atoms with Crippen LogP contribution in [-0.2, 0) is 4.74 Å². The molecule has 0 bridgehead atoms. The Morgan fingerprint density at radius 2 is 1.97 bits per heavy atom. The molecule has 1 saturated carbocycles. The highest BCUT2D eigenvalue weighted by molar-refractivity contribution is 14.0. The highest BCUT2D eigenvalue weighted by Gasteiger charge is 2.21. The van der Waals surface area contributed by atoms with Crippen LogP contribution in [-0.4, -0.2) is 88.9 Å². The minimum Gasteiger partial charge on any atom is -0.379 e. The van der Waals surface area contributed by atoms with Crippen molar-refractivity contribution in [2.75, 3.05) is 78.0 Å². The number of rotatable bonds is 11. The molecule has 2 aliphatic rings. The fourth-order valence-corrected chi connectivity index (χ4v) is 3.94. The summed E-state index contributed by atoms with van der Waals surface area (Å²) in [5, 5.41) is 3.50. The molecule has 1 aromatic rings. The summed E-state index contributed by atoms with van der Waals surface area (Å²) in [4.78, 5) is 11.7. The zero-order valence-corrected chi connectivity index (χ0v) is 22.0. The molecule has 6 nitrogen and oxygen atoms in total. The second kappa shape index (κ2) is 14.2. The number of benzene rings is 1. The van der Waals surface area contributed by atoms with Gasteiger partial charge in [0.05, 0.1) is 6.61 Å². The summed E-state index contributed by atoms with van der Waals surface area (Å²) >= 11 is 0. The predicted octanol–water partition coefficient (Wildman–Crippen LogP) is 3.45. The van der Waals surface area contributed by atoms with Crippen molar-refractivity contribution in [3.63, 3.8) is 0 Å². The molecular weight excluding hydrogens is 501 g/mol. The number of nitrogens with zero attached hydrogens (tertiary/aromatic N) is 4. The smallest absolute Gasteiger partial charge is 0.193 e. The van der Waals surface area contributed by atoms with Crippen molar-refractivity contribution < 1.29 is 4.74 Å². The molecule has 2 fully saturated rings. The first-order valence-corrected chi connectivity index (χ1v) is 11.7. The maximum Gasteiger partial charge on any atom is 0.193 e. The van der Waals surface area contributed by atoms with Crippen molar-refractivity contribution >= 4 is 35.6 Å². The number of anilines is 1. The lowest BCUT2D eigenvalue weighted by Crippen LogP contribution is -2.46. The molecule has 176 valence electrons. The molecule has 0 amide bonds. The van der Waals surface area contributed by atoms with E-state index in [1.54, 1.807) is 0 Å². The molecule has 1 heterocycles. The van der Waals surface area contributed by atoms with Crippen LogP contribution in [0.3, 0.4) is 0 Å². The van der Waals surface area contributed by atoms with Gasteiger partial charge in [0.25, 0.3) is 0 Å². The van der Waals surface area contributed by atoms with Crippen LogP contribution < -0.4 is 10.2 Å². The Morgan fingerprint density at radius 3 is 2.65 bits per heavy atom. The van der Waals surface area contributed by atoms with Crippen molar-refractivity contribution in [2.45, 2.75) is 32.6 Å². The Morgan fingerprint density at radius 1 is 1.19 bits per heavy atom. The fourth-order valence-electron chi connectivity index (χ4n) is 3.94. The van der Waals surface area contributed by atoms with E-state index in [9.17, 15) is 0 Å². The van der Waals surface area contributed by atoms with Gasteiger partial charge in [-0.05, 0) is 62.8 Å². The number of hydrogen-bond acceptors (Lipinski definition) is 4. The largest absolute Gasteiger partial charge is 0.379 e. The van der Waals surface area contributed by atoms with E-state index >= 15 is 0 Å². The molecule has 7 heteroatoms. The highest BCUT2D eigenvalue weighted by Crippen LogP contribution is 2.28. The molecule has 0 radical (unpaired) electrons. The number of halogens is 1. The van der Waals surface area contributed by atoms with Gasteiger partial charge in [-0.15, -0.1) is 24.0 Å². The van der Waals surface area contributed by atoms with Crippen molar-refractivity contribution in [1.82, 2.24) is 15.1 Å². The molecule has 0 aromatic heterocycles. The first-order valence-electron chi connectivity index (χ1n) is 11.7. The molecule has 1 aliphatic heterocycles. The molecule has 31 heavy (non-hydrogen) atoms. The number of likely N-dealkylation sites (N-methyl/N-ethyl adjacent to an activating group) is 1. The van der Waals surface area contributed by atoms with E-state index in [1.165, 1.54) is 43.5 Å². The average molecular weight is 544 g/mol. The summed E-state index contributed by atoms with van der Waals surface area (Å²) in [6, 6.07) is 8.86. The molecule has 0 unspecified atom stereocenters. The second-order valence-electron chi connectivity index (χ2n) is 8.79. The fraction of sp³-hybridized carbons (Fsp3) is 0.708. The standard InChI is InChI=1S/C24H41N5O.HI/c1-21-7-6-8-23(19-21)29-15-13-28(14-16-29)12-5-4-11-26-24(25-2)27(3)17-18-30-20-22-9-10-22;/h6-8,19,22H,4-5,9-18,20H2,1-3H3,(H,25,26);1H. The van der Waals surface area contributed by atoms with Gasteiger partial charge in [0.2, 0.25) is 0 Å². The normalized spacial score (nSPS) is 17.4. The minimum atomic E-state index is 0. The molecule has 0 spiro atoms. The van der Waals surface area contributed by atoms with Crippen LogP contribution in [0, 0.1) is 12.8 Å². The van der Waals surface area contributed by atoms with E-state index in [2.05, 4.69) is 63.2 Å². The van der Waals surface area contributed by atoms with Gasteiger partial charge in [0, 0.05) is 65.7 Å². The van der Waals surface area contributed by atoms with E-state index < -0.39 is 0 Å². The average Bonchev–Trinajstić information content (AvgIpc) is 3.58. The van der Waals surface area contributed by atoms with Gasteiger partial charge in [-0.1, -0.05) is 12.1 Å². The number of hydrogen-bond donors (Lipinski definition) is 1. The third-order valence-corrected chi connectivity index (χ3v) is 6.12. The number of unbranched alkanes of at least 4 members (excludes halogenated alkanes) is 1. The molecular formula is C24H42IN5O. The second-order valence-corrected chi connectivity index (χ2v) is 8.79. The monoisotopic (exact) mass is 543 g/mol. The van der Waals surface area contributed by atoms with Crippen molar-refractivity contribution in [2.24, 2.45) is 10.9 Å². The molecule has 1 N–H and O–H groups in total. The Balaban J connectivity index is 0.00000341. The number of aliphatic imine (C=N–C) groups is 1. The van der Waals surface area contributed by atoms with Gasteiger partial charge in [0.15, 0.2) is 5.96 Å². The number of guanidine groups is 1. The highest BCUT2D eigenvalue weighted by atomic mass is 127. The zero-order chi connectivity index (χ0) is 21.2. The third kappa shape index (κ3) is 9.53. The minimum absolute atomic E-state index is 0. The summed E-state index contributed by atoms with van der Waals surface area (Å²) in [5.41, 5.74) is 2.71. The topological polar surface area (TPSA) is 43.3 Å². The first-order chi connectivity index (χ1) is 14.7. The summed E-state index contributed by atoms with van der Waals surface area (Å²) in [5.74, 6) is 1.80. The lowest BCUT2D eigenvalue weighted by Gasteiger charge is -2.36. The zero-order valence-electron chi connectivity index (χ0n) is 19.7. The van der Waals surface area contributed by atoms with Crippen LogP contribution in [0.5, 0.6) is 0 Å². The van der Waals surface area contributed by atoms with Gasteiger partial charge in [-0.3, -0.25) is 9.89 Å². The van der Waals surface area contributed by atoms with Gasteiger partial charge in [-0.25, -0.2) is 0 Å². The summed E-state index contributed by atoms with van der Waals surface area (Å²) in [6.07, 6.45) is 5.09. The lowest BCUT2D eigenvalue weighted by atomic mass is 10.2. The van der Waals surface area contributed by atoms with Crippen LogP contribution in [0.2, 0.25) is 0 Å². The van der Waals surface area contributed by atoms with Crippen LogP contribution >= 0.6 is 24.0 Å². The molecule has 0 atom stereocenters. The van der Waals surface area contributed by atoms with E-state index in [0.29, 0.717) is 0 Å². The SMILES string of the molecule is CN=C(NCCCCN1CCN(c2cccc(C)c2)CC1)N(C)CCOCC1CC1.I. The quantitative estimate of drug-likeness (QED) is 0.201. The summed E-state index contributed by atoms with van der Waals surface area (Å²) in [7, 11) is 3.95. The maximum atomic E-state index is 5.74. The van der Waals surface area contributed by atoms with Crippen molar-refractivity contribution in [3.8, 4) is 0 Å². The Hall–Kier alpha value is -1.06. The van der Waals surface area contributed by atoms with Crippen molar-refractivity contribution in [1.29, 1.82) is 0 Å². The van der Waals surface area contributed by atoms with Gasteiger partial charge in [0.1, 0.15) is 0 Å². The van der Waals surface area contributed by atoms with E-state index in [-0.39, 0.29) is 24.0 Å². The van der Waals surface area contributed by atoms with E-state index in [1.807, 2.05) is 7.05 Å². The summed E-state index contributed by atoms with van der Waals surface area (Å²) < 4.78 is 5.74. The van der Waals surface area contributed by atoms with E-state index in [4.69, 9.17) is 4.74 Å². The Bertz CT molecular complexity index is 659.